The molecule has 0 spiro atoms. The van der Waals surface area contributed by atoms with Crippen LogP contribution in [0.2, 0.25) is 0 Å². The van der Waals surface area contributed by atoms with Gasteiger partial charge in [0.1, 0.15) is 5.75 Å². The number of aromatic nitrogens is 1. The monoisotopic (exact) mass is 234 g/mol. The minimum atomic E-state index is 0.238. The Balaban J connectivity index is 2.13. The maximum absolute atomic E-state index is 9.38. The Labute approximate surface area is 98.6 Å². The average molecular weight is 234 g/mol. The molecule has 1 unspecified atom stereocenters. The van der Waals surface area contributed by atoms with Crippen LogP contribution in [0.25, 0.3) is 0 Å². The molecule has 16 heavy (non-hydrogen) atoms. The van der Waals surface area contributed by atoms with Crippen molar-refractivity contribution >= 4 is 11.3 Å². The van der Waals surface area contributed by atoms with Crippen LogP contribution in [0.15, 0.2) is 35.8 Å². The summed E-state index contributed by atoms with van der Waals surface area (Å²) in [6.07, 6.45) is 2.61. The molecule has 0 aliphatic heterocycles. The third-order valence-electron chi connectivity index (χ3n) is 2.48. The van der Waals surface area contributed by atoms with Gasteiger partial charge in [-0.05, 0) is 24.1 Å². The van der Waals surface area contributed by atoms with Crippen LogP contribution >= 0.6 is 11.3 Å². The Hall–Kier alpha value is -1.39. The van der Waals surface area contributed by atoms with E-state index in [9.17, 15) is 5.11 Å². The van der Waals surface area contributed by atoms with Gasteiger partial charge in [-0.15, -0.1) is 11.3 Å². The molecule has 0 amide bonds. The minimum absolute atomic E-state index is 0.238. The minimum Gasteiger partial charge on any atom is -0.508 e. The largest absolute Gasteiger partial charge is 0.508 e. The van der Waals surface area contributed by atoms with Crippen LogP contribution in [0.5, 0.6) is 5.75 Å². The molecule has 0 aliphatic rings. The summed E-state index contributed by atoms with van der Waals surface area (Å²) in [6, 6.07) is 7.29. The molecule has 4 heteroatoms. The molecule has 0 bridgehead atoms. The van der Waals surface area contributed by atoms with E-state index < -0.39 is 0 Å². The fourth-order valence-electron chi connectivity index (χ4n) is 1.68. The summed E-state index contributed by atoms with van der Waals surface area (Å²) in [5.74, 6) is 0.536. The molecule has 0 saturated heterocycles. The number of rotatable bonds is 4. The molecule has 2 rings (SSSR count). The van der Waals surface area contributed by atoms with E-state index in [1.54, 1.807) is 29.7 Å². The van der Waals surface area contributed by atoms with Crippen molar-refractivity contribution in [3.63, 3.8) is 0 Å². The van der Waals surface area contributed by atoms with Crippen LogP contribution in [0.1, 0.15) is 16.5 Å². The van der Waals surface area contributed by atoms with Gasteiger partial charge >= 0.3 is 0 Å². The molecule has 1 atom stereocenters. The van der Waals surface area contributed by atoms with E-state index >= 15 is 0 Å². The summed E-state index contributed by atoms with van der Waals surface area (Å²) in [4.78, 5) is 4.28. The van der Waals surface area contributed by atoms with E-state index in [0.29, 0.717) is 12.3 Å². The van der Waals surface area contributed by atoms with E-state index in [1.807, 2.05) is 17.5 Å². The maximum atomic E-state index is 9.38. The SMILES string of the molecule is NCC(Cc1cccc(O)c1)c1nccs1. The second kappa shape index (κ2) is 5.09. The molecule has 0 fully saturated rings. The van der Waals surface area contributed by atoms with Gasteiger partial charge in [0.25, 0.3) is 0 Å². The Morgan fingerprint density at radius 1 is 1.44 bits per heavy atom. The van der Waals surface area contributed by atoms with Crippen molar-refractivity contribution in [1.29, 1.82) is 0 Å². The Morgan fingerprint density at radius 3 is 2.94 bits per heavy atom. The average Bonchev–Trinajstić information content (AvgIpc) is 2.79. The highest BCUT2D eigenvalue weighted by molar-refractivity contribution is 7.09. The van der Waals surface area contributed by atoms with Gasteiger partial charge in [-0.25, -0.2) is 4.98 Å². The normalized spacial score (nSPS) is 12.6. The lowest BCUT2D eigenvalue weighted by molar-refractivity contribution is 0.474. The van der Waals surface area contributed by atoms with Gasteiger partial charge in [0, 0.05) is 24.0 Å². The van der Waals surface area contributed by atoms with Crippen LogP contribution in [0.4, 0.5) is 0 Å². The van der Waals surface area contributed by atoms with Gasteiger partial charge in [0.2, 0.25) is 0 Å². The fraction of sp³-hybridized carbons (Fsp3) is 0.250. The summed E-state index contributed by atoms with van der Waals surface area (Å²) in [5, 5.41) is 12.4. The molecule has 3 N–H and O–H groups in total. The number of benzene rings is 1. The molecule has 1 aromatic carbocycles. The number of phenols is 1. The Morgan fingerprint density at radius 2 is 2.31 bits per heavy atom. The molecule has 1 heterocycles. The van der Waals surface area contributed by atoms with Gasteiger partial charge in [0.15, 0.2) is 0 Å². The van der Waals surface area contributed by atoms with E-state index in [4.69, 9.17) is 5.73 Å². The van der Waals surface area contributed by atoms with Crippen LogP contribution < -0.4 is 5.73 Å². The lowest BCUT2D eigenvalue weighted by Crippen LogP contribution is -2.14. The van der Waals surface area contributed by atoms with Crippen molar-refractivity contribution in [3.8, 4) is 5.75 Å². The molecular weight excluding hydrogens is 220 g/mol. The second-order valence-electron chi connectivity index (χ2n) is 3.68. The fourth-order valence-corrected chi connectivity index (χ4v) is 2.43. The lowest BCUT2D eigenvalue weighted by Gasteiger charge is -2.11. The van der Waals surface area contributed by atoms with Gasteiger partial charge in [-0.3, -0.25) is 0 Å². The zero-order valence-electron chi connectivity index (χ0n) is 8.84. The first kappa shape index (κ1) is 11.1. The first-order chi connectivity index (χ1) is 7.79. The van der Waals surface area contributed by atoms with Crippen molar-refractivity contribution in [2.75, 3.05) is 6.54 Å². The third kappa shape index (κ3) is 2.59. The molecule has 3 nitrogen and oxygen atoms in total. The Kier molecular flexibility index (Phi) is 3.54. The van der Waals surface area contributed by atoms with Crippen molar-refractivity contribution in [1.82, 2.24) is 4.98 Å². The number of hydrogen-bond donors (Lipinski definition) is 2. The predicted octanol–water partition coefficient (Wildman–Crippen LogP) is 2.13. The zero-order chi connectivity index (χ0) is 11.4. The quantitative estimate of drug-likeness (QED) is 0.852. The predicted molar refractivity (Wildman–Crippen MR) is 65.7 cm³/mol. The molecule has 2 aromatic rings. The van der Waals surface area contributed by atoms with E-state index in [1.165, 1.54) is 0 Å². The van der Waals surface area contributed by atoms with E-state index in [2.05, 4.69) is 4.98 Å². The van der Waals surface area contributed by atoms with Crippen LogP contribution in [0.3, 0.4) is 0 Å². The summed E-state index contributed by atoms with van der Waals surface area (Å²) in [6.45, 7) is 0.573. The number of phenolic OH excluding ortho intramolecular Hbond substituents is 1. The first-order valence-corrected chi connectivity index (χ1v) is 6.05. The van der Waals surface area contributed by atoms with Crippen molar-refractivity contribution < 1.29 is 5.11 Å². The van der Waals surface area contributed by atoms with Gasteiger partial charge < -0.3 is 10.8 Å². The van der Waals surface area contributed by atoms with Crippen LogP contribution in [-0.4, -0.2) is 16.6 Å². The second-order valence-corrected chi connectivity index (χ2v) is 4.60. The maximum Gasteiger partial charge on any atom is 0.115 e. The summed E-state index contributed by atoms with van der Waals surface area (Å²) in [5.41, 5.74) is 6.84. The molecule has 0 radical (unpaired) electrons. The molecule has 84 valence electrons. The van der Waals surface area contributed by atoms with Gasteiger partial charge in [-0.2, -0.15) is 0 Å². The third-order valence-corrected chi connectivity index (χ3v) is 3.42. The Bertz CT molecular complexity index is 442. The van der Waals surface area contributed by atoms with Crippen molar-refractivity contribution in [2.45, 2.75) is 12.3 Å². The standard InChI is InChI=1S/C12H14N2OS/c13-8-10(12-14-4-5-16-12)6-9-2-1-3-11(15)7-9/h1-5,7,10,15H,6,8,13H2. The van der Waals surface area contributed by atoms with Crippen molar-refractivity contribution in [3.05, 3.63) is 46.4 Å². The topological polar surface area (TPSA) is 59.1 Å². The number of nitrogens with two attached hydrogens (primary N) is 1. The number of nitrogens with zero attached hydrogens (tertiary/aromatic N) is 1. The van der Waals surface area contributed by atoms with Crippen LogP contribution in [-0.2, 0) is 6.42 Å². The molecular formula is C12H14N2OS. The van der Waals surface area contributed by atoms with E-state index in [0.717, 1.165) is 17.0 Å². The highest BCUT2D eigenvalue weighted by Gasteiger charge is 2.13. The smallest absolute Gasteiger partial charge is 0.115 e. The molecule has 0 aliphatic carbocycles. The lowest BCUT2D eigenvalue weighted by atomic mass is 10.00. The highest BCUT2D eigenvalue weighted by atomic mass is 32.1. The van der Waals surface area contributed by atoms with Gasteiger partial charge in [-0.1, -0.05) is 12.1 Å². The number of aromatic hydroxyl groups is 1. The van der Waals surface area contributed by atoms with Crippen molar-refractivity contribution in [2.24, 2.45) is 5.73 Å². The van der Waals surface area contributed by atoms with Gasteiger partial charge in [0.05, 0.1) is 5.01 Å². The zero-order valence-corrected chi connectivity index (χ0v) is 9.65. The summed E-state index contributed by atoms with van der Waals surface area (Å²) >= 11 is 1.63. The summed E-state index contributed by atoms with van der Waals surface area (Å²) in [7, 11) is 0. The number of hydrogen-bond acceptors (Lipinski definition) is 4. The van der Waals surface area contributed by atoms with Crippen LogP contribution in [0, 0.1) is 0 Å². The highest BCUT2D eigenvalue weighted by Crippen LogP contribution is 2.23. The molecule has 0 saturated carbocycles. The van der Waals surface area contributed by atoms with E-state index in [-0.39, 0.29) is 5.92 Å². The number of thiazole rings is 1. The first-order valence-electron chi connectivity index (χ1n) is 5.17. The molecule has 1 aromatic heterocycles. The summed E-state index contributed by atoms with van der Waals surface area (Å²) < 4.78 is 0.